The van der Waals surface area contributed by atoms with E-state index in [0.717, 1.165) is 12.1 Å². The summed E-state index contributed by atoms with van der Waals surface area (Å²) in [6, 6.07) is 72.4. The third kappa shape index (κ3) is 6.05. The van der Waals surface area contributed by atoms with Gasteiger partial charge >= 0.3 is 0 Å². The minimum atomic E-state index is -0.531. The molecule has 4 aliphatic carbocycles. The maximum Gasteiger partial charge on any atom is 0.0714 e. The molecule has 9 aromatic carbocycles. The van der Waals surface area contributed by atoms with Crippen LogP contribution in [0.15, 0.2) is 188 Å². The van der Waals surface area contributed by atoms with Gasteiger partial charge in [-0.15, -0.1) is 0 Å². The van der Waals surface area contributed by atoms with Crippen molar-refractivity contribution in [3.8, 4) is 44.5 Å². The van der Waals surface area contributed by atoms with Gasteiger partial charge in [0.1, 0.15) is 0 Å². The highest BCUT2D eigenvalue weighted by atomic mass is 15.1. The Bertz CT molecular complexity index is 3650. The van der Waals surface area contributed by atoms with Crippen LogP contribution in [0, 0.1) is 0 Å². The lowest BCUT2D eigenvalue weighted by Gasteiger charge is -2.35. The molecule has 0 saturated carbocycles. The van der Waals surface area contributed by atoms with Crippen molar-refractivity contribution in [3.63, 3.8) is 0 Å². The van der Waals surface area contributed by atoms with Gasteiger partial charge in [0.15, 0.2) is 0 Å². The summed E-state index contributed by atoms with van der Waals surface area (Å²) in [7, 11) is 0. The number of benzene rings is 9. The second-order valence-corrected chi connectivity index (χ2v) is 24.1. The van der Waals surface area contributed by atoms with E-state index in [4.69, 9.17) is 0 Å². The normalized spacial score (nSPS) is 15.7. The fourth-order valence-corrected chi connectivity index (χ4v) is 13.9. The minimum absolute atomic E-state index is 0.0178. The van der Waals surface area contributed by atoms with Crippen LogP contribution in [0.2, 0.25) is 0 Å². The molecule has 71 heavy (non-hydrogen) atoms. The summed E-state index contributed by atoms with van der Waals surface area (Å²) in [5.74, 6) is 0. The molecule has 1 nitrogen and oxygen atoms in total. The third-order valence-corrected chi connectivity index (χ3v) is 17.2. The average molecular weight is 918 g/mol. The van der Waals surface area contributed by atoms with Crippen LogP contribution in [-0.2, 0) is 33.5 Å². The van der Waals surface area contributed by atoms with E-state index in [0.29, 0.717) is 0 Å². The number of nitrogens with zero attached hydrogens (tertiary/aromatic N) is 1. The van der Waals surface area contributed by atoms with E-state index in [1.54, 1.807) is 0 Å². The Morgan fingerprint density at radius 3 is 1.63 bits per heavy atom. The first-order valence-corrected chi connectivity index (χ1v) is 25.9. The Kier molecular flexibility index (Phi) is 9.19. The highest BCUT2D eigenvalue weighted by molar-refractivity contribution is 6.00. The molecule has 4 aliphatic rings. The van der Waals surface area contributed by atoms with Crippen LogP contribution in [0.3, 0.4) is 0 Å². The molecular weight excluding hydrogens is 855 g/mol. The average Bonchev–Trinajstić information content (AvgIpc) is 4.03. The predicted octanol–water partition coefficient (Wildman–Crippen LogP) is 18.3. The molecule has 0 aliphatic heterocycles. The van der Waals surface area contributed by atoms with Crippen molar-refractivity contribution in [2.45, 2.75) is 103 Å². The van der Waals surface area contributed by atoms with Crippen LogP contribution >= 0.6 is 0 Å². The predicted molar refractivity (Wildman–Crippen MR) is 299 cm³/mol. The number of rotatable bonds is 5. The number of anilines is 3. The van der Waals surface area contributed by atoms with Gasteiger partial charge in [0.2, 0.25) is 0 Å². The topological polar surface area (TPSA) is 3.24 Å². The summed E-state index contributed by atoms with van der Waals surface area (Å²) in [5.41, 5.74) is 30.0. The molecule has 13 rings (SSSR count). The Morgan fingerprint density at radius 1 is 0.394 bits per heavy atom. The molecule has 0 fully saturated rings. The lowest BCUT2D eigenvalue weighted by molar-refractivity contribution is 0.565. The molecule has 1 heteroatoms. The minimum Gasteiger partial charge on any atom is -0.310 e. The van der Waals surface area contributed by atoms with Crippen molar-refractivity contribution < 1.29 is 0 Å². The van der Waals surface area contributed by atoms with Crippen molar-refractivity contribution in [1.29, 1.82) is 0 Å². The molecule has 0 heterocycles. The molecule has 348 valence electrons. The van der Waals surface area contributed by atoms with Crippen molar-refractivity contribution in [3.05, 3.63) is 255 Å². The van der Waals surface area contributed by atoms with Crippen molar-refractivity contribution in [1.82, 2.24) is 0 Å². The summed E-state index contributed by atoms with van der Waals surface area (Å²) < 4.78 is 0. The van der Waals surface area contributed by atoms with E-state index in [9.17, 15) is 0 Å². The Morgan fingerprint density at radius 2 is 0.958 bits per heavy atom. The van der Waals surface area contributed by atoms with Gasteiger partial charge < -0.3 is 4.90 Å². The Balaban J connectivity index is 1.08. The zero-order chi connectivity index (χ0) is 49.0. The first-order valence-electron chi connectivity index (χ1n) is 25.9. The molecule has 0 amide bonds. The molecule has 0 atom stereocenters. The quantitative estimate of drug-likeness (QED) is 0.166. The summed E-state index contributed by atoms with van der Waals surface area (Å²) in [6.45, 7) is 24.0. The molecular formula is C70H63N. The Labute approximate surface area is 421 Å². The fourth-order valence-electron chi connectivity index (χ4n) is 13.9. The van der Waals surface area contributed by atoms with Crippen LogP contribution in [0.4, 0.5) is 17.1 Å². The van der Waals surface area contributed by atoms with Crippen LogP contribution in [0.1, 0.15) is 136 Å². The van der Waals surface area contributed by atoms with E-state index < -0.39 is 5.41 Å². The highest BCUT2D eigenvalue weighted by Gasteiger charge is 2.47. The zero-order valence-electron chi connectivity index (χ0n) is 43.1. The summed E-state index contributed by atoms with van der Waals surface area (Å²) in [5, 5.41) is 0. The van der Waals surface area contributed by atoms with Crippen LogP contribution < -0.4 is 4.90 Å². The van der Waals surface area contributed by atoms with E-state index in [1.165, 1.54) is 123 Å². The molecule has 0 bridgehead atoms. The zero-order valence-corrected chi connectivity index (χ0v) is 43.1. The Hall–Kier alpha value is -7.22. The van der Waals surface area contributed by atoms with Gasteiger partial charge in [-0.05, 0) is 153 Å². The van der Waals surface area contributed by atoms with E-state index in [1.807, 2.05) is 0 Å². The van der Waals surface area contributed by atoms with E-state index in [2.05, 4.69) is 262 Å². The van der Waals surface area contributed by atoms with Gasteiger partial charge in [-0.25, -0.2) is 0 Å². The smallest absolute Gasteiger partial charge is 0.0714 e. The number of hydrogen-bond acceptors (Lipinski definition) is 1. The van der Waals surface area contributed by atoms with Gasteiger partial charge in [0, 0.05) is 27.8 Å². The standard InChI is InChI=1S/C70H63N/c1-66(2,3)46-40-55-54(60(41-46)67(4,5)6)38-43-34-36-53-64-59(69(9,10)65(53)63(43)55)32-21-33-62(64)71(48-35-37-52-49-26-14-17-29-56(49)68(7,8)61(52)42-48)47-25-20-24-45(39-47)70(44-22-12-11-13-23-44)57-30-18-15-27-50(57)51-28-16-19-31-58(51)70/h11-37,39-42H,38H2,1-10H3. The second kappa shape index (κ2) is 14.9. The molecule has 0 unspecified atom stereocenters. The van der Waals surface area contributed by atoms with E-state index >= 15 is 0 Å². The monoisotopic (exact) mass is 917 g/mol. The molecule has 0 spiro atoms. The molecule has 0 radical (unpaired) electrons. The van der Waals surface area contributed by atoms with Crippen molar-refractivity contribution in [2.24, 2.45) is 0 Å². The van der Waals surface area contributed by atoms with Gasteiger partial charge in [-0.2, -0.15) is 0 Å². The second-order valence-electron chi connectivity index (χ2n) is 24.1. The largest absolute Gasteiger partial charge is 0.310 e. The van der Waals surface area contributed by atoms with E-state index in [-0.39, 0.29) is 21.7 Å². The number of fused-ring (bicyclic) bond motifs is 13. The molecule has 0 aromatic heterocycles. The summed E-state index contributed by atoms with van der Waals surface area (Å²) in [4.78, 5) is 2.61. The lowest BCUT2D eigenvalue weighted by Crippen LogP contribution is -2.28. The van der Waals surface area contributed by atoms with Gasteiger partial charge in [-0.1, -0.05) is 227 Å². The highest BCUT2D eigenvalue weighted by Crippen LogP contribution is 2.61. The molecule has 9 aromatic rings. The fraction of sp³-hybridized carbons (Fsp3) is 0.229. The summed E-state index contributed by atoms with van der Waals surface area (Å²) >= 11 is 0. The van der Waals surface area contributed by atoms with Crippen LogP contribution in [0.25, 0.3) is 44.5 Å². The maximum atomic E-state index is 2.61. The first-order chi connectivity index (χ1) is 34.0. The van der Waals surface area contributed by atoms with Crippen LogP contribution in [-0.4, -0.2) is 0 Å². The van der Waals surface area contributed by atoms with Crippen molar-refractivity contribution >= 4 is 17.1 Å². The van der Waals surface area contributed by atoms with Crippen molar-refractivity contribution in [2.75, 3.05) is 4.90 Å². The summed E-state index contributed by atoms with van der Waals surface area (Å²) in [6.07, 6.45) is 0.968. The first kappa shape index (κ1) is 43.8. The third-order valence-electron chi connectivity index (χ3n) is 17.2. The van der Waals surface area contributed by atoms with Gasteiger partial charge in [0.05, 0.1) is 11.1 Å². The van der Waals surface area contributed by atoms with Gasteiger partial charge in [0.25, 0.3) is 0 Å². The molecule has 0 saturated heterocycles. The number of hydrogen-bond donors (Lipinski definition) is 0. The van der Waals surface area contributed by atoms with Crippen LogP contribution in [0.5, 0.6) is 0 Å². The maximum absolute atomic E-state index is 2.61. The molecule has 0 N–H and O–H groups in total. The van der Waals surface area contributed by atoms with Gasteiger partial charge in [-0.3, -0.25) is 0 Å². The SMILES string of the molecule is CC(C)(C)c1cc2c(c(C(C)(C)C)c1)Cc1ccc3c(c1-2)C(C)(C)c1cccc(N(c2cccc(C4(c5ccccc5)c5ccccc5-c5ccccc54)c2)c2ccc4c(c2)C(C)(C)c2ccccc2-4)c1-3. The lowest BCUT2D eigenvalue weighted by atomic mass is 9.67.